The van der Waals surface area contributed by atoms with Gasteiger partial charge < -0.3 is 14.2 Å². The molecule has 0 fully saturated rings. The van der Waals surface area contributed by atoms with Gasteiger partial charge in [-0.05, 0) is 37.0 Å². The van der Waals surface area contributed by atoms with Crippen LogP contribution in [0.2, 0.25) is 0 Å². The van der Waals surface area contributed by atoms with Gasteiger partial charge in [0.25, 0.3) is 0 Å². The summed E-state index contributed by atoms with van der Waals surface area (Å²) in [7, 11) is 0. The van der Waals surface area contributed by atoms with Gasteiger partial charge in [-0.3, -0.25) is 14.4 Å². The van der Waals surface area contributed by atoms with Crippen LogP contribution < -0.4 is 0 Å². The molecule has 0 heterocycles. The molecule has 0 aliphatic heterocycles. The van der Waals surface area contributed by atoms with Crippen molar-refractivity contribution in [2.24, 2.45) is 17.8 Å². The number of ether oxygens (including phenoxy) is 3. The highest BCUT2D eigenvalue weighted by atomic mass is 16.6. The quantitative estimate of drug-likeness (QED) is 0.0344. The van der Waals surface area contributed by atoms with Crippen molar-refractivity contribution in [2.75, 3.05) is 13.2 Å². The summed E-state index contributed by atoms with van der Waals surface area (Å²) < 4.78 is 16.8. The van der Waals surface area contributed by atoms with Crippen LogP contribution in [-0.4, -0.2) is 37.2 Å². The minimum Gasteiger partial charge on any atom is -0.462 e. The maximum Gasteiger partial charge on any atom is 0.306 e. The van der Waals surface area contributed by atoms with E-state index in [9.17, 15) is 14.4 Å². The average molecular weight is 906 g/mol. The van der Waals surface area contributed by atoms with Crippen LogP contribution in [0.1, 0.15) is 318 Å². The summed E-state index contributed by atoms with van der Waals surface area (Å²) in [6.45, 7) is 13.7. The first-order chi connectivity index (χ1) is 31.1. The Morgan fingerprint density at radius 1 is 0.312 bits per heavy atom. The lowest BCUT2D eigenvalue weighted by Crippen LogP contribution is -2.30. The molecule has 0 N–H and O–H groups in total. The van der Waals surface area contributed by atoms with Crippen molar-refractivity contribution in [3.8, 4) is 0 Å². The van der Waals surface area contributed by atoms with E-state index in [0.29, 0.717) is 19.3 Å². The summed E-state index contributed by atoms with van der Waals surface area (Å²) in [6, 6.07) is 0. The van der Waals surface area contributed by atoms with E-state index in [2.05, 4.69) is 41.5 Å². The molecule has 380 valence electrons. The van der Waals surface area contributed by atoms with Crippen molar-refractivity contribution in [2.45, 2.75) is 324 Å². The summed E-state index contributed by atoms with van der Waals surface area (Å²) in [6.07, 6.45) is 51.1. The molecule has 0 aromatic carbocycles. The van der Waals surface area contributed by atoms with Gasteiger partial charge in [0.2, 0.25) is 0 Å². The molecule has 0 aliphatic carbocycles. The molecule has 0 aliphatic rings. The first-order valence-corrected chi connectivity index (χ1v) is 28.6. The summed E-state index contributed by atoms with van der Waals surface area (Å²) in [5, 5.41) is 0. The van der Waals surface area contributed by atoms with Crippen LogP contribution in [0.15, 0.2) is 0 Å². The maximum atomic E-state index is 12.8. The van der Waals surface area contributed by atoms with Crippen LogP contribution in [0.3, 0.4) is 0 Å². The zero-order valence-electron chi connectivity index (χ0n) is 44.1. The molecule has 0 saturated carbocycles. The zero-order valence-corrected chi connectivity index (χ0v) is 44.1. The minimum atomic E-state index is -0.764. The Hall–Kier alpha value is -1.59. The molecule has 6 nitrogen and oxygen atoms in total. The van der Waals surface area contributed by atoms with Gasteiger partial charge in [0.1, 0.15) is 13.2 Å². The molecule has 0 aromatic heterocycles. The number of hydrogen-bond acceptors (Lipinski definition) is 6. The van der Waals surface area contributed by atoms with Crippen molar-refractivity contribution in [3.05, 3.63) is 0 Å². The summed E-state index contributed by atoms with van der Waals surface area (Å²) in [5.41, 5.74) is 0. The highest BCUT2D eigenvalue weighted by Crippen LogP contribution is 2.19. The van der Waals surface area contributed by atoms with E-state index >= 15 is 0 Å². The van der Waals surface area contributed by atoms with E-state index in [1.807, 2.05) is 0 Å². The van der Waals surface area contributed by atoms with Gasteiger partial charge >= 0.3 is 17.9 Å². The molecule has 0 aromatic rings. The first kappa shape index (κ1) is 62.4. The second-order valence-electron chi connectivity index (χ2n) is 21.1. The van der Waals surface area contributed by atoms with Crippen molar-refractivity contribution >= 4 is 17.9 Å². The van der Waals surface area contributed by atoms with Crippen molar-refractivity contribution in [3.63, 3.8) is 0 Å². The van der Waals surface area contributed by atoms with E-state index in [4.69, 9.17) is 14.2 Å². The van der Waals surface area contributed by atoms with Gasteiger partial charge in [-0.2, -0.15) is 0 Å². The van der Waals surface area contributed by atoms with Crippen LogP contribution in [0.4, 0.5) is 0 Å². The van der Waals surface area contributed by atoms with E-state index in [-0.39, 0.29) is 31.1 Å². The third kappa shape index (κ3) is 49.8. The van der Waals surface area contributed by atoms with Gasteiger partial charge in [-0.25, -0.2) is 0 Å². The van der Waals surface area contributed by atoms with Crippen LogP contribution in [0.5, 0.6) is 0 Å². The largest absolute Gasteiger partial charge is 0.462 e. The van der Waals surface area contributed by atoms with E-state index in [0.717, 1.165) is 75.5 Å². The molecule has 2 atom stereocenters. The fourth-order valence-electron chi connectivity index (χ4n) is 8.79. The summed E-state index contributed by atoms with van der Waals surface area (Å²) in [5.74, 6) is 1.66. The van der Waals surface area contributed by atoms with Crippen molar-refractivity contribution in [1.82, 2.24) is 0 Å². The first-order valence-electron chi connectivity index (χ1n) is 28.6. The lowest BCUT2D eigenvalue weighted by Gasteiger charge is -2.18. The second-order valence-corrected chi connectivity index (χ2v) is 21.1. The molecule has 0 spiro atoms. The van der Waals surface area contributed by atoms with E-state index < -0.39 is 6.10 Å². The van der Waals surface area contributed by atoms with E-state index in [1.54, 1.807) is 0 Å². The van der Waals surface area contributed by atoms with Crippen LogP contribution in [0.25, 0.3) is 0 Å². The number of carbonyl (C=O) groups excluding carboxylic acids is 3. The van der Waals surface area contributed by atoms with Crippen LogP contribution in [-0.2, 0) is 28.6 Å². The predicted octanol–water partition coefficient (Wildman–Crippen LogP) is 18.7. The molecule has 0 rings (SSSR count). The second kappa shape index (κ2) is 49.3. The zero-order chi connectivity index (χ0) is 47.0. The number of unbranched alkanes of at least 4 members (excludes halogenated alkanes) is 33. The average Bonchev–Trinajstić information content (AvgIpc) is 3.27. The topological polar surface area (TPSA) is 78.9 Å². The number of rotatable bonds is 51. The van der Waals surface area contributed by atoms with Gasteiger partial charge in [0.05, 0.1) is 0 Å². The molecule has 0 bridgehead atoms. The maximum absolute atomic E-state index is 12.8. The lowest BCUT2D eigenvalue weighted by atomic mass is 9.99. The molecule has 64 heavy (non-hydrogen) atoms. The highest BCUT2D eigenvalue weighted by Gasteiger charge is 2.19. The highest BCUT2D eigenvalue weighted by molar-refractivity contribution is 5.71. The molecule has 1 unspecified atom stereocenters. The van der Waals surface area contributed by atoms with Crippen LogP contribution in [0, 0.1) is 17.8 Å². The fraction of sp³-hybridized carbons (Fsp3) is 0.948. The van der Waals surface area contributed by atoms with Crippen molar-refractivity contribution in [1.29, 1.82) is 0 Å². The predicted molar refractivity (Wildman–Crippen MR) is 275 cm³/mol. The summed E-state index contributed by atoms with van der Waals surface area (Å²) >= 11 is 0. The number of hydrogen-bond donors (Lipinski definition) is 0. The normalized spacial score (nSPS) is 12.6. The Kier molecular flexibility index (Phi) is 48.1. The SMILES string of the molecule is CCC(C)CCCCCCCCCCCCCCCCC(=O)OC[C@H](COC(=O)CCCCCCCCCCCCCCCCCCC(C)C)OC(=O)CCCCCCCCC(C)C. The Bertz CT molecular complexity index is 993. The van der Waals surface area contributed by atoms with Crippen molar-refractivity contribution < 1.29 is 28.6 Å². The monoisotopic (exact) mass is 905 g/mol. The van der Waals surface area contributed by atoms with Gasteiger partial charge in [0.15, 0.2) is 6.10 Å². The van der Waals surface area contributed by atoms with E-state index in [1.165, 1.54) is 199 Å². The molecule has 0 amide bonds. The van der Waals surface area contributed by atoms with Gasteiger partial charge in [0, 0.05) is 19.3 Å². The Morgan fingerprint density at radius 3 is 0.812 bits per heavy atom. The summed E-state index contributed by atoms with van der Waals surface area (Å²) in [4.78, 5) is 38.0. The standard InChI is InChI=1S/C58H112O6/c1-7-54(6)46-40-34-27-23-19-15-12-13-17-21-25-29-36-42-48-57(60)63-51-55(64-58(61)49-43-37-31-30-33-39-45-53(4)5)50-62-56(59)47-41-35-28-24-20-16-11-9-8-10-14-18-22-26-32-38-44-52(2)3/h52-55H,7-51H2,1-6H3/t54?,55-/m0/s1. The molecule has 0 radical (unpaired) electrons. The molecule has 6 heteroatoms. The third-order valence-electron chi connectivity index (χ3n) is 13.5. The van der Waals surface area contributed by atoms with Gasteiger partial charge in [-0.15, -0.1) is 0 Å². The molecule has 0 saturated heterocycles. The Labute approximate surface area is 399 Å². The lowest BCUT2D eigenvalue weighted by molar-refractivity contribution is -0.167. The number of carbonyl (C=O) groups is 3. The fourth-order valence-corrected chi connectivity index (χ4v) is 8.79. The minimum absolute atomic E-state index is 0.0648. The smallest absolute Gasteiger partial charge is 0.306 e. The Morgan fingerprint density at radius 2 is 0.547 bits per heavy atom. The van der Waals surface area contributed by atoms with Gasteiger partial charge in [-0.1, -0.05) is 279 Å². The molecular weight excluding hydrogens is 793 g/mol. The van der Waals surface area contributed by atoms with Crippen LogP contribution >= 0.6 is 0 Å². The Balaban J connectivity index is 4.19. The molecular formula is C58H112O6. The number of esters is 3. The third-order valence-corrected chi connectivity index (χ3v) is 13.5.